The summed E-state index contributed by atoms with van der Waals surface area (Å²) in [5.41, 5.74) is 1.47. The molecule has 0 aromatic carbocycles. The first kappa shape index (κ1) is 15.7. The number of halogens is 2. The molecule has 4 nitrogen and oxygen atoms in total. The van der Waals surface area contributed by atoms with Gasteiger partial charge in [0.2, 0.25) is 0 Å². The van der Waals surface area contributed by atoms with Gasteiger partial charge in [-0.15, -0.1) is 0 Å². The average molecular weight is 361 g/mol. The summed E-state index contributed by atoms with van der Waals surface area (Å²) < 4.78 is 0. The molecule has 2 N–H and O–H groups in total. The van der Waals surface area contributed by atoms with E-state index in [-0.39, 0.29) is 0 Å². The van der Waals surface area contributed by atoms with Crippen molar-refractivity contribution >= 4 is 20.2 Å². The summed E-state index contributed by atoms with van der Waals surface area (Å²) >= 11 is 0.757. The number of nitrogens with zero attached hydrogens (tertiary/aromatic N) is 2. The first-order valence-corrected chi connectivity index (χ1v) is 8.57. The topological polar surface area (TPSA) is 49.8 Å². The van der Waals surface area contributed by atoms with E-state index in [1.54, 1.807) is 0 Å². The molecular formula is C13H14Cl2CuN4. The van der Waals surface area contributed by atoms with Crippen LogP contribution in [0.1, 0.15) is 11.4 Å². The van der Waals surface area contributed by atoms with Gasteiger partial charge in [0.1, 0.15) is 0 Å². The molecule has 3 heterocycles. The van der Waals surface area contributed by atoms with Crippen LogP contribution < -0.4 is 10.6 Å². The van der Waals surface area contributed by atoms with E-state index in [1.807, 2.05) is 48.8 Å². The van der Waals surface area contributed by atoms with Crippen LogP contribution in [0.25, 0.3) is 0 Å². The molecule has 0 amide bonds. The summed E-state index contributed by atoms with van der Waals surface area (Å²) in [6.45, 7) is 1.82. The summed E-state index contributed by atoms with van der Waals surface area (Å²) in [5, 5.41) is 6.93. The SMILES string of the molecule is [Cl][Cu][Cl].c1ccc(C2(c3ccccn3)NCCN2)nc1. The fraction of sp³-hybridized carbons (Fsp3) is 0.231. The molecule has 0 saturated carbocycles. The second-order valence-corrected chi connectivity index (χ2v) is 5.63. The van der Waals surface area contributed by atoms with Gasteiger partial charge in [-0.05, 0) is 24.3 Å². The van der Waals surface area contributed by atoms with E-state index in [9.17, 15) is 0 Å². The van der Waals surface area contributed by atoms with Crippen LogP contribution in [0.5, 0.6) is 0 Å². The zero-order chi connectivity index (χ0) is 14.3. The van der Waals surface area contributed by atoms with Crippen molar-refractivity contribution in [3.63, 3.8) is 0 Å². The number of rotatable bonds is 2. The molecule has 1 aliphatic heterocycles. The third kappa shape index (κ3) is 3.50. The van der Waals surface area contributed by atoms with Crippen molar-refractivity contribution < 1.29 is 13.1 Å². The summed E-state index contributed by atoms with van der Waals surface area (Å²) in [7, 11) is 9.34. The molecule has 2 aromatic rings. The van der Waals surface area contributed by atoms with Crippen LogP contribution in [0, 0.1) is 0 Å². The van der Waals surface area contributed by atoms with Gasteiger partial charge in [0, 0.05) is 25.5 Å². The second kappa shape index (κ2) is 7.93. The van der Waals surface area contributed by atoms with E-state index in [0.29, 0.717) is 0 Å². The van der Waals surface area contributed by atoms with Crippen molar-refractivity contribution in [2.24, 2.45) is 0 Å². The standard InChI is InChI=1S/C13H14N4.2ClH.Cu/c1-3-7-14-11(5-1)13(16-9-10-17-13)12-6-2-4-8-15-12;;;/h1-8,16-17H,9-10H2;2*1H;/q;;;+2/p-2. The van der Waals surface area contributed by atoms with Crippen molar-refractivity contribution in [1.82, 2.24) is 20.6 Å². The Morgan fingerprint density at radius 1 is 0.900 bits per heavy atom. The van der Waals surface area contributed by atoms with E-state index < -0.39 is 5.66 Å². The van der Waals surface area contributed by atoms with Gasteiger partial charge < -0.3 is 0 Å². The third-order valence-electron chi connectivity index (χ3n) is 3.00. The first-order chi connectivity index (χ1) is 9.83. The van der Waals surface area contributed by atoms with Crippen molar-refractivity contribution in [3.8, 4) is 0 Å². The van der Waals surface area contributed by atoms with Gasteiger partial charge in [0.25, 0.3) is 0 Å². The number of hydrogen-bond donors (Lipinski definition) is 2. The summed E-state index contributed by atoms with van der Waals surface area (Å²) in [6.07, 6.45) is 3.61. The zero-order valence-electron chi connectivity index (χ0n) is 10.5. The van der Waals surface area contributed by atoms with Crippen LogP contribution in [0.3, 0.4) is 0 Å². The molecule has 0 bridgehead atoms. The average Bonchev–Trinajstić information content (AvgIpc) is 3.01. The van der Waals surface area contributed by atoms with E-state index >= 15 is 0 Å². The van der Waals surface area contributed by atoms with Crippen molar-refractivity contribution in [2.75, 3.05) is 13.1 Å². The van der Waals surface area contributed by atoms with Crippen LogP contribution in [0.15, 0.2) is 48.8 Å². The Labute approximate surface area is 132 Å². The van der Waals surface area contributed by atoms with Crippen LogP contribution in [0.4, 0.5) is 0 Å². The number of aromatic nitrogens is 2. The van der Waals surface area contributed by atoms with Crippen LogP contribution in [0.2, 0.25) is 0 Å². The molecule has 7 heteroatoms. The fourth-order valence-electron chi connectivity index (χ4n) is 2.23. The minimum Gasteiger partial charge on any atom is -0.288 e. The predicted octanol–water partition coefficient (Wildman–Crippen LogP) is 2.25. The minimum absolute atomic E-state index is 0.442. The second-order valence-electron chi connectivity index (χ2n) is 4.08. The zero-order valence-corrected chi connectivity index (χ0v) is 12.9. The van der Waals surface area contributed by atoms with E-state index in [2.05, 4.69) is 40.8 Å². The maximum atomic E-state index is 4.67. The Morgan fingerprint density at radius 3 is 1.70 bits per heavy atom. The molecular weight excluding hydrogens is 347 g/mol. The summed E-state index contributed by atoms with van der Waals surface area (Å²) in [4.78, 5) is 8.89. The molecule has 0 unspecified atom stereocenters. The Hall–Kier alpha value is -0.681. The quantitative estimate of drug-likeness (QED) is 0.807. The molecule has 0 atom stereocenters. The molecule has 3 rings (SSSR count). The molecule has 0 aliphatic carbocycles. The summed E-state index contributed by atoms with van der Waals surface area (Å²) in [5.74, 6) is 0. The maximum Gasteiger partial charge on any atom is 0.156 e. The van der Waals surface area contributed by atoms with E-state index in [0.717, 1.165) is 37.6 Å². The molecule has 1 fully saturated rings. The number of hydrogen-bond acceptors (Lipinski definition) is 4. The predicted molar refractivity (Wildman–Crippen MR) is 77.0 cm³/mol. The minimum atomic E-state index is -0.442. The van der Waals surface area contributed by atoms with Gasteiger partial charge in [0.05, 0.1) is 11.4 Å². The summed E-state index contributed by atoms with van der Waals surface area (Å²) in [6, 6.07) is 11.9. The first-order valence-electron chi connectivity index (χ1n) is 5.98. The molecule has 2 aromatic heterocycles. The van der Waals surface area contributed by atoms with Crippen molar-refractivity contribution in [1.29, 1.82) is 0 Å². The van der Waals surface area contributed by atoms with Gasteiger partial charge in [-0.1, -0.05) is 12.1 Å². The van der Waals surface area contributed by atoms with Gasteiger partial charge in [-0.3, -0.25) is 20.6 Å². The smallest absolute Gasteiger partial charge is 0.156 e. The van der Waals surface area contributed by atoms with Crippen molar-refractivity contribution in [3.05, 3.63) is 60.2 Å². The maximum absolute atomic E-state index is 4.67. The Bertz CT molecular complexity index is 465. The third-order valence-corrected chi connectivity index (χ3v) is 3.00. The Morgan fingerprint density at radius 2 is 1.35 bits per heavy atom. The molecule has 111 valence electrons. The van der Waals surface area contributed by atoms with Crippen molar-refractivity contribution in [2.45, 2.75) is 5.66 Å². The van der Waals surface area contributed by atoms with Crippen LogP contribution in [-0.4, -0.2) is 23.1 Å². The van der Waals surface area contributed by atoms with Gasteiger partial charge in [-0.25, -0.2) is 0 Å². The largest absolute Gasteiger partial charge is 0.288 e. The molecule has 1 aliphatic rings. The van der Waals surface area contributed by atoms with Gasteiger partial charge >= 0.3 is 33.3 Å². The Balaban J connectivity index is 0.000000452. The molecule has 0 radical (unpaired) electrons. The Kier molecular flexibility index (Phi) is 6.23. The monoisotopic (exact) mass is 359 g/mol. The van der Waals surface area contributed by atoms with Gasteiger partial charge in [0.15, 0.2) is 5.66 Å². The van der Waals surface area contributed by atoms with Crippen LogP contribution >= 0.6 is 20.2 Å². The van der Waals surface area contributed by atoms with Crippen LogP contribution in [-0.2, 0) is 18.8 Å². The molecule has 1 saturated heterocycles. The number of pyridine rings is 2. The van der Waals surface area contributed by atoms with E-state index in [1.165, 1.54) is 0 Å². The van der Waals surface area contributed by atoms with E-state index in [4.69, 9.17) is 0 Å². The fourth-order valence-corrected chi connectivity index (χ4v) is 2.23. The molecule has 0 spiro atoms. The normalized spacial score (nSPS) is 16.5. The molecule has 20 heavy (non-hydrogen) atoms. The van der Waals surface area contributed by atoms with Gasteiger partial charge in [-0.2, -0.15) is 0 Å². The number of nitrogens with one attached hydrogen (secondary N) is 2.